The number of likely N-dealkylation sites (tertiary alicyclic amines) is 1. The first kappa shape index (κ1) is 24.9. The van der Waals surface area contributed by atoms with Gasteiger partial charge in [-0.25, -0.2) is 17.2 Å². The lowest BCUT2D eigenvalue weighted by molar-refractivity contribution is -0.275. The van der Waals surface area contributed by atoms with Crippen LogP contribution in [0.2, 0.25) is 5.02 Å². The number of carbonyl (C=O) groups is 1. The molecule has 6 nitrogen and oxygen atoms in total. The first-order valence-corrected chi connectivity index (χ1v) is 13.0. The van der Waals surface area contributed by atoms with Gasteiger partial charge in [-0.15, -0.1) is 0 Å². The molecule has 192 valence electrons. The van der Waals surface area contributed by atoms with Gasteiger partial charge in [0.05, 0.1) is 41.2 Å². The van der Waals surface area contributed by atoms with Gasteiger partial charge in [-0.05, 0) is 23.3 Å². The summed E-state index contributed by atoms with van der Waals surface area (Å²) >= 11 is 5.69. The summed E-state index contributed by atoms with van der Waals surface area (Å²) in [5.41, 5.74) is -4.66. The molecule has 0 radical (unpaired) electrons. The standard InChI is InChI=1S/C23H18ClF5N2O4S/c24-17-7-16(5-6-18(17)25)22(23(27,28)29)8-19(30-35-22)13-1-3-15(4-2-13)21(26)11-31(12-21)20(32)14-9-36(33,34)10-14/h1-7,14H,8-12H2. The molecule has 36 heavy (non-hydrogen) atoms. The fourth-order valence-corrected chi connectivity index (χ4v) is 6.22. The molecule has 3 aliphatic heterocycles. The van der Waals surface area contributed by atoms with Crippen LogP contribution in [-0.2, 0) is 30.7 Å². The first-order chi connectivity index (χ1) is 16.7. The molecule has 1 atom stereocenters. The first-order valence-electron chi connectivity index (χ1n) is 10.8. The molecule has 2 aromatic rings. The predicted octanol–water partition coefficient (Wildman–Crippen LogP) is 4.11. The molecule has 1 amide bonds. The van der Waals surface area contributed by atoms with Crippen LogP contribution in [0.1, 0.15) is 23.1 Å². The third kappa shape index (κ3) is 4.03. The van der Waals surface area contributed by atoms with Crippen LogP contribution >= 0.6 is 11.6 Å². The Morgan fingerprint density at radius 2 is 1.69 bits per heavy atom. The van der Waals surface area contributed by atoms with Crippen LogP contribution in [0, 0.1) is 11.7 Å². The minimum Gasteiger partial charge on any atom is -0.374 e. The van der Waals surface area contributed by atoms with E-state index in [2.05, 4.69) is 5.16 Å². The van der Waals surface area contributed by atoms with Crippen LogP contribution < -0.4 is 0 Å². The van der Waals surface area contributed by atoms with Gasteiger partial charge in [0.25, 0.3) is 5.60 Å². The Bertz CT molecular complexity index is 1360. The number of hydrogen-bond donors (Lipinski definition) is 0. The van der Waals surface area contributed by atoms with Crippen molar-refractivity contribution in [2.75, 3.05) is 24.6 Å². The molecule has 0 aliphatic carbocycles. The van der Waals surface area contributed by atoms with E-state index < -0.39 is 61.9 Å². The van der Waals surface area contributed by atoms with E-state index in [9.17, 15) is 30.8 Å². The molecule has 0 bridgehead atoms. The van der Waals surface area contributed by atoms with Gasteiger partial charge in [-0.2, -0.15) is 13.2 Å². The second kappa shape index (κ2) is 8.14. The largest absolute Gasteiger partial charge is 0.435 e. The Kier molecular flexibility index (Phi) is 5.64. The maximum Gasteiger partial charge on any atom is 0.435 e. The van der Waals surface area contributed by atoms with Crippen LogP contribution in [-0.4, -0.2) is 55.7 Å². The van der Waals surface area contributed by atoms with Crippen LogP contribution in [0.15, 0.2) is 47.6 Å². The lowest BCUT2D eigenvalue weighted by atomic mass is 9.84. The van der Waals surface area contributed by atoms with Crippen molar-refractivity contribution in [2.45, 2.75) is 23.9 Å². The molecule has 0 N–H and O–H groups in total. The highest BCUT2D eigenvalue weighted by molar-refractivity contribution is 7.92. The van der Waals surface area contributed by atoms with Crippen molar-refractivity contribution in [1.82, 2.24) is 4.90 Å². The molecule has 2 aromatic carbocycles. The normalized spacial score (nSPS) is 24.9. The van der Waals surface area contributed by atoms with Crippen molar-refractivity contribution in [3.8, 4) is 0 Å². The number of oxime groups is 1. The van der Waals surface area contributed by atoms with Crippen molar-refractivity contribution in [3.63, 3.8) is 0 Å². The van der Waals surface area contributed by atoms with E-state index in [-0.39, 0.29) is 41.4 Å². The summed E-state index contributed by atoms with van der Waals surface area (Å²) < 4.78 is 93.6. The Hall–Kier alpha value is -2.73. The quantitative estimate of drug-likeness (QED) is 0.539. The van der Waals surface area contributed by atoms with Crippen molar-refractivity contribution >= 4 is 33.1 Å². The fraction of sp³-hybridized carbons (Fsp3) is 0.391. The summed E-state index contributed by atoms with van der Waals surface area (Å²) in [7, 11) is -3.18. The highest BCUT2D eigenvalue weighted by atomic mass is 35.5. The number of amides is 1. The van der Waals surface area contributed by atoms with Gasteiger partial charge >= 0.3 is 6.18 Å². The lowest BCUT2D eigenvalue weighted by Crippen LogP contribution is -2.62. The van der Waals surface area contributed by atoms with Crippen molar-refractivity contribution in [3.05, 3.63) is 70.0 Å². The summed E-state index contributed by atoms with van der Waals surface area (Å²) in [6, 6.07) is 8.22. The topological polar surface area (TPSA) is 76.0 Å². The average molecular weight is 549 g/mol. The number of carbonyl (C=O) groups excluding carboxylic acids is 1. The van der Waals surface area contributed by atoms with Crippen molar-refractivity contribution in [2.24, 2.45) is 11.1 Å². The number of rotatable bonds is 4. The second-order valence-electron chi connectivity index (χ2n) is 9.27. The smallest absolute Gasteiger partial charge is 0.374 e. The highest BCUT2D eigenvalue weighted by Crippen LogP contribution is 2.49. The molecular formula is C23H18ClF5N2O4S. The minimum absolute atomic E-state index is 0.0381. The molecule has 0 spiro atoms. The number of sulfone groups is 1. The Labute approximate surface area is 207 Å². The molecule has 1 unspecified atom stereocenters. The average Bonchev–Trinajstić information content (AvgIpc) is 3.24. The Balaban J connectivity index is 1.29. The number of benzene rings is 2. The Morgan fingerprint density at radius 3 is 2.25 bits per heavy atom. The maximum absolute atomic E-state index is 15.3. The van der Waals surface area contributed by atoms with Gasteiger partial charge in [0.2, 0.25) is 5.91 Å². The van der Waals surface area contributed by atoms with Crippen LogP contribution in [0.4, 0.5) is 22.0 Å². The lowest BCUT2D eigenvalue weighted by Gasteiger charge is -2.46. The minimum atomic E-state index is -4.90. The molecule has 3 aliphatic rings. The summed E-state index contributed by atoms with van der Waals surface area (Å²) in [6.45, 7) is -0.484. The summed E-state index contributed by atoms with van der Waals surface area (Å²) in [4.78, 5) is 18.4. The van der Waals surface area contributed by atoms with E-state index in [1.807, 2.05) is 0 Å². The number of nitrogens with zero attached hydrogens (tertiary/aromatic N) is 2. The number of alkyl halides is 4. The van der Waals surface area contributed by atoms with Crippen LogP contribution in [0.25, 0.3) is 0 Å². The fourth-order valence-electron chi connectivity index (χ4n) is 4.63. The zero-order valence-electron chi connectivity index (χ0n) is 18.4. The van der Waals surface area contributed by atoms with Crippen molar-refractivity contribution < 1.29 is 40.0 Å². The summed E-state index contributed by atoms with van der Waals surface area (Å²) in [5.74, 6) is -2.39. The molecule has 0 saturated carbocycles. The molecule has 2 fully saturated rings. The third-order valence-corrected chi connectivity index (χ3v) is 8.87. The third-order valence-electron chi connectivity index (χ3n) is 6.76. The predicted molar refractivity (Wildman–Crippen MR) is 119 cm³/mol. The van der Waals surface area contributed by atoms with E-state index in [1.54, 1.807) is 0 Å². The second-order valence-corrected chi connectivity index (χ2v) is 11.8. The maximum atomic E-state index is 15.3. The highest BCUT2D eigenvalue weighted by Gasteiger charge is 2.62. The number of halogens is 6. The summed E-state index contributed by atoms with van der Waals surface area (Å²) in [5, 5.41) is 3.14. The molecule has 3 heterocycles. The summed E-state index contributed by atoms with van der Waals surface area (Å²) in [6.07, 6.45) is -5.60. The van der Waals surface area contributed by atoms with Crippen LogP contribution in [0.3, 0.4) is 0 Å². The van der Waals surface area contributed by atoms with Gasteiger partial charge < -0.3 is 9.74 Å². The van der Waals surface area contributed by atoms with E-state index in [4.69, 9.17) is 16.4 Å². The van der Waals surface area contributed by atoms with Gasteiger partial charge in [-0.1, -0.05) is 47.1 Å². The van der Waals surface area contributed by atoms with Gasteiger partial charge in [0, 0.05) is 12.0 Å². The van der Waals surface area contributed by atoms with Gasteiger partial charge in [0.1, 0.15) is 5.82 Å². The zero-order chi connectivity index (χ0) is 26.1. The van der Waals surface area contributed by atoms with E-state index in [0.29, 0.717) is 0 Å². The SMILES string of the molecule is O=C(C1CS(=O)(=O)C1)N1CC(F)(c2ccc(C3=NOC(c4ccc(F)c(Cl)c4)(C(F)(F)F)C3)cc2)C1. The molecule has 2 saturated heterocycles. The van der Waals surface area contributed by atoms with Crippen molar-refractivity contribution in [1.29, 1.82) is 0 Å². The molecular weight excluding hydrogens is 531 g/mol. The molecule has 5 rings (SSSR count). The van der Waals surface area contributed by atoms with E-state index in [0.717, 1.165) is 18.2 Å². The van der Waals surface area contributed by atoms with Gasteiger partial charge in [0.15, 0.2) is 15.5 Å². The van der Waals surface area contributed by atoms with Gasteiger partial charge in [-0.3, -0.25) is 4.79 Å². The number of hydrogen-bond acceptors (Lipinski definition) is 5. The molecule has 0 aromatic heterocycles. The monoisotopic (exact) mass is 548 g/mol. The van der Waals surface area contributed by atoms with Crippen LogP contribution in [0.5, 0.6) is 0 Å². The van der Waals surface area contributed by atoms with E-state index >= 15 is 4.39 Å². The molecule has 13 heteroatoms. The van der Waals surface area contributed by atoms with E-state index in [1.165, 1.54) is 29.2 Å². The Morgan fingerprint density at radius 1 is 1.08 bits per heavy atom. The zero-order valence-corrected chi connectivity index (χ0v) is 19.9.